The summed E-state index contributed by atoms with van der Waals surface area (Å²) in [6, 6.07) is 8.06. The van der Waals surface area contributed by atoms with Crippen molar-refractivity contribution in [2.24, 2.45) is 0 Å². The molecule has 0 saturated carbocycles. The Morgan fingerprint density at radius 1 is 1.42 bits per heavy atom. The molecule has 0 bridgehead atoms. The van der Waals surface area contributed by atoms with Crippen molar-refractivity contribution in [1.29, 1.82) is 0 Å². The third kappa shape index (κ3) is 3.88. The van der Waals surface area contributed by atoms with Crippen LogP contribution < -0.4 is 4.74 Å². The second-order valence-electron chi connectivity index (χ2n) is 4.99. The summed E-state index contributed by atoms with van der Waals surface area (Å²) in [4.78, 5) is 2.25. The predicted molar refractivity (Wildman–Crippen MR) is 80.9 cm³/mol. The van der Waals surface area contributed by atoms with E-state index in [4.69, 9.17) is 4.74 Å². The lowest BCUT2D eigenvalue weighted by atomic mass is 10.0. The number of nitrogens with zero attached hydrogens (tertiary/aromatic N) is 1. The second-order valence-corrected chi connectivity index (χ2v) is 6.14. The van der Waals surface area contributed by atoms with Crippen LogP contribution in [0.25, 0.3) is 0 Å². The Kier molecular flexibility index (Phi) is 5.55. The van der Waals surface area contributed by atoms with E-state index in [2.05, 4.69) is 18.9 Å². The van der Waals surface area contributed by atoms with Crippen LogP contribution >= 0.6 is 11.8 Å². The number of rotatable bonds is 5. The maximum absolute atomic E-state index is 10.5. The van der Waals surface area contributed by atoms with Gasteiger partial charge in [-0.1, -0.05) is 19.1 Å². The average molecular weight is 281 g/mol. The standard InChI is InChI=1S/C15H23NO2S/c1-3-9-18-13-6-4-12(5-7-13)15(17)14-11-19-10-8-16(14)2/h4-7,14-15,17H,3,8-11H2,1-2H3. The van der Waals surface area contributed by atoms with Gasteiger partial charge in [-0.05, 0) is 31.2 Å². The van der Waals surface area contributed by atoms with Gasteiger partial charge in [0.25, 0.3) is 0 Å². The zero-order chi connectivity index (χ0) is 13.7. The summed E-state index contributed by atoms with van der Waals surface area (Å²) in [5.41, 5.74) is 0.975. The summed E-state index contributed by atoms with van der Waals surface area (Å²) in [7, 11) is 2.09. The molecule has 1 heterocycles. The van der Waals surface area contributed by atoms with Gasteiger partial charge < -0.3 is 9.84 Å². The highest BCUT2D eigenvalue weighted by molar-refractivity contribution is 7.99. The molecule has 0 spiro atoms. The molecule has 1 aromatic carbocycles. The Hall–Kier alpha value is -0.710. The molecule has 2 atom stereocenters. The van der Waals surface area contributed by atoms with Crippen LogP contribution in [0.3, 0.4) is 0 Å². The molecule has 1 fully saturated rings. The van der Waals surface area contributed by atoms with Crippen LogP contribution in [0.5, 0.6) is 5.75 Å². The number of likely N-dealkylation sites (N-methyl/N-ethyl adjacent to an activating group) is 1. The zero-order valence-corrected chi connectivity index (χ0v) is 12.5. The monoisotopic (exact) mass is 281 g/mol. The van der Waals surface area contributed by atoms with E-state index in [1.54, 1.807) is 0 Å². The normalized spacial score (nSPS) is 22.2. The molecule has 1 N–H and O–H groups in total. The molecule has 2 rings (SSSR count). The van der Waals surface area contributed by atoms with Crippen molar-refractivity contribution < 1.29 is 9.84 Å². The third-order valence-electron chi connectivity index (χ3n) is 3.50. The van der Waals surface area contributed by atoms with E-state index in [1.165, 1.54) is 0 Å². The number of aliphatic hydroxyl groups is 1. The average Bonchev–Trinajstić information content (AvgIpc) is 2.45. The molecule has 1 saturated heterocycles. The SMILES string of the molecule is CCCOc1ccc(C(O)C2CSCCN2C)cc1. The quantitative estimate of drug-likeness (QED) is 0.899. The largest absolute Gasteiger partial charge is 0.494 e. The van der Waals surface area contributed by atoms with E-state index in [0.717, 1.165) is 42.4 Å². The van der Waals surface area contributed by atoms with Crippen LogP contribution in [-0.2, 0) is 0 Å². The van der Waals surface area contributed by atoms with Gasteiger partial charge in [0, 0.05) is 24.1 Å². The first kappa shape index (κ1) is 14.7. The molecule has 1 aliphatic rings. The fourth-order valence-corrected chi connectivity index (χ4v) is 3.50. The van der Waals surface area contributed by atoms with Gasteiger partial charge in [-0.3, -0.25) is 4.90 Å². The molecule has 3 nitrogen and oxygen atoms in total. The summed E-state index contributed by atoms with van der Waals surface area (Å²) in [6.45, 7) is 3.88. The maximum Gasteiger partial charge on any atom is 0.119 e. The maximum atomic E-state index is 10.5. The summed E-state index contributed by atoms with van der Waals surface area (Å²) in [6.07, 6.45) is 0.590. The van der Waals surface area contributed by atoms with Crippen molar-refractivity contribution in [3.8, 4) is 5.75 Å². The van der Waals surface area contributed by atoms with Crippen LogP contribution in [0, 0.1) is 0 Å². The zero-order valence-electron chi connectivity index (χ0n) is 11.7. The first-order chi connectivity index (χ1) is 9.22. The van der Waals surface area contributed by atoms with Gasteiger partial charge in [0.1, 0.15) is 5.75 Å². The molecule has 0 aromatic heterocycles. The Balaban J connectivity index is 2.00. The van der Waals surface area contributed by atoms with Gasteiger partial charge in [0.2, 0.25) is 0 Å². The Labute approximate surface area is 120 Å². The van der Waals surface area contributed by atoms with Crippen molar-refractivity contribution >= 4 is 11.8 Å². The van der Waals surface area contributed by atoms with E-state index in [1.807, 2.05) is 36.0 Å². The smallest absolute Gasteiger partial charge is 0.119 e. The molecule has 106 valence electrons. The van der Waals surface area contributed by atoms with Crippen molar-refractivity contribution in [2.75, 3.05) is 31.7 Å². The van der Waals surface area contributed by atoms with E-state index in [9.17, 15) is 5.11 Å². The highest BCUT2D eigenvalue weighted by atomic mass is 32.2. The van der Waals surface area contributed by atoms with Crippen molar-refractivity contribution in [2.45, 2.75) is 25.5 Å². The van der Waals surface area contributed by atoms with Crippen LogP contribution in [0.4, 0.5) is 0 Å². The first-order valence-electron chi connectivity index (χ1n) is 6.91. The lowest BCUT2D eigenvalue weighted by molar-refractivity contribution is 0.0758. The topological polar surface area (TPSA) is 32.7 Å². The van der Waals surface area contributed by atoms with Gasteiger partial charge in [0.05, 0.1) is 12.7 Å². The van der Waals surface area contributed by atoms with E-state index >= 15 is 0 Å². The Morgan fingerprint density at radius 3 is 2.79 bits per heavy atom. The molecule has 1 aromatic rings. The summed E-state index contributed by atoms with van der Waals surface area (Å²) in [5.74, 6) is 3.03. The van der Waals surface area contributed by atoms with Crippen molar-refractivity contribution in [1.82, 2.24) is 4.90 Å². The van der Waals surface area contributed by atoms with Crippen molar-refractivity contribution in [3.63, 3.8) is 0 Å². The minimum Gasteiger partial charge on any atom is -0.494 e. The first-order valence-corrected chi connectivity index (χ1v) is 8.06. The second kappa shape index (κ2) is 7.17. The molecular weight excluding hydrogens is 258 g/mol. The molecule has 0 aliphatic carbocycles. The highest BCUT2D eigenvalue weighted by Crippen LogP contribution is 2.27. The van der Waals surface area contributed by atoms with E-state index < -0.39 is 6.10 Å². The third-order valence-corrected chi connectivity index (χ3v) is 4.55. The summed E-state index contributed by atoms with van der Waals surface area (Å²) in [5, 5.41) is 10.5. The molecule has 2 unspecified atom stereocenters. The molecule has 0 radical (unpaired) electrons. The van der Waals surface area contributed by atoms with E-state index in [-0.39, 0.29) is 6.04 Å². The molecular formula is C15H23NO2S. The predicted octanol–water partition coefficient (Wildman–Crippen LogP) is 2.56. The number of aliphatic hydroxyl groups excluding tert-OH is 1. The van der Waals surface area contributed by atoms with Gasteiger partial charge in [-0.25, -0.2) is 0 Å². The molecule has 1 aliphatic heterocycles. The van der Waals surface area contributed by atoms with Gasteiger partial charge >= 0.3 is 0 Å². The van der Waals surface area contributed by atoms with Gasteiger partial charge in [0.15, 0.2) is 0 Å². The summed E-state index contributed by atoms with van der Waals surface area (Å²) >= 11 is 1.92. The lowest BCUT2D eigenvalue weighted by Crippen LogP contribution is -2.43. The minimum atomic E-state index is -0.418. The van der Waals surface area contributed by atoms with Gasteiger partial charge in [-0.2, -0.15) is 11.8 Å². The number of thioether (sulfide) groups is 1. The van der Waals surface area contributed by atoms with Crippen LogP contribution in [-0.4, -0.2) is 47.8 Å². The number of hydrogen-bond acceptors (Lipinski definition) is 4. The van der Waals surface area contributed by atoms with Crippen LogP contribution in [0.1, 0.15) is 25.0 Å². The number of ether oxygens (including phenoxy) is 1. The van der Waals surface area contributed by atoms with Crippen LogP contribution in [0.15, 0.2) is 24.3 Å². The highest BCUT2D eigenvalue weighted by Gasteiger charge is 2.27. The van der Waals surface area contributed by atoms with Crippen molar-refractivity contribution in [3.05, 3.63) is 29.8 Å². The summed E-state index contributed by atoms with van der Waals surface area (Å²) < 4.78 is 5.56. The fraction of sp³-hybridized carbons (Fsp3) is 0.600. The fourth-order valence-electron chi connectivity index (χ4n) is 2.24. The number of benzene rings is 1. The van der Waals surface area contributed by atoms with Gasteiger partial charge in [-0.15, -0.1) is 0 Å². The van der Waals surface area contributed by atoms with Crippen LogP contribution in [0.2, 0.25) is 0 Å². The number of hydrogen-bond donors (Lipinski definition) is 1. The molecule has 4 heteroatoms. The molecule has 19 heavy (non-hydrogen) atoms. The van der Waals surface area contributed by atoms with E-state index in [0.29, 0.717) is 0 Å². The Morgan fingerprint density at radius 2 is 2.16 bits per heavy atom. The molecule has 0 amide bonds. The lowest BCUT2D eigenvalue weighted by Gasteiger charge is -2.35. The minimum absolute atomic E-state index is 0.209. The Bertz CT molecular complexity index is 382.